The normalized spacial score (nSPS) is 15.0. The van der Waals surface area contributed by atoms with Crippen molar-refractivity contribution in [2.45, 2.75) is 19.5 Å². The molecule has 0 fully saturated rings. The number of carbonyl (C=O) groups is 1. The maximum Gasteiger partial charge on any atom is 0.246 e. The largest absolute Gasteiger partial charge is 0.499 e. The molecule has 9 nitrogen and oxygen atoms in total. The van der Waals surface area contributed by atoms with Crippen molar-refractivity contribution in [3.63, 3.8) is 0 Å². The molecule has 5 heterocycles. The van der Waals surface area contributed by atoms with E-state index in [1.807, 2.05) is 42.4 Å². The van der Waals surface area contributed by atoms with Crippen molar-refractivity contribution in [3.8, 4) is 22.6 Å². The van der Waals surface area contributed by atoms with Crippen molar-refractivity contribution in [1.82, 2.24) is 29.4 Å². The molecule has 5 rings (SSSR count). The number of nitrogens with zero attached hydrogens (tertiary/aromatic N) is 6. The summed E-state index contributed by atoms with van der Waals surface area (Å²) in [6.45, 7) is 10.2. The van der Waals surface area contributed by atoms with Crippen LogP contribution in [-0.2, 0) is 23.1 Å². The van der Waals surface area contributed by atoms with Gasteiger partial charge in [0, 0.05) is 47.1 Å². The first-order valence-corrected chi connectivity index (χ1v) is 13.6. The summed E-state index contributed by atoms with van der Waals surface area (Å²) in [5, 5.41) is 19.8. The number of aliphatic hydroxyl groups excluding tert-OH is 1. The number of aromatic nitrogens is 5. The number of pyridine rings is 1. The Morgan fingerprint density at radius 3 is 2.76 bits per heavy atom. The second-order valence-electron chi connectivity index (χ2n) is 8.96. The summed E-state index contributed by atoms with van der Waals surface area (Å²) in [6, 6.07) is 3.59. The van der Waals surface area contributed by atoms with Crippen molar-refractivity contribution in [2.24, 2.45) is 7.05 Å². The molecule has 0 spiro atoms. The first kappa shape index (κ1) is 29.6. The van der Waals surface area contributed by atoms with Gasteiger partial charge in [-0.25, -0.2) is 13.8 Å². The van der Waals surface area contributed by atoms with E-state index in [4.69, 9.17) is 15.2 Å². The van der Waals surface area contributed by atoms with Gasteiger partial charge in [-0.05, 0) is 36.6 Å². The number of hydrogen-bond donors (Lipinski definition) is 1. The first-order valence-electron chi connectivity index (χ1n) is 12.7. The molecule has 1 aliphatic rings. The van der Waals surface area contributed by atoms with E-state index in [9.17, 15) is 13.6 Å². The summed E-state index contributed by atoms with van der Waals surface area (Å²) in [7, 11) is 1.83. The molecule has 1 atom stereocenters. The third kappa shape index (κ3) is 6.34. The van der Waals surface area contributed by atoms with Crippen molar-refractivity contribution in [2.75, 3.05) is 19.8 Å². The lowest BCUT2D eigenvalue weighted by Gasteiger charge is -2.33. The molecule has 4 aromatic rings. The van der Waals surface area contributed by atoms with Crippen LogP contribution in [0, 0.1) is 0 Å². The second-order valence-corrected chi connectivity index (χ2v) is 9.88. The number of fused-ring (bicyclic) bond motifs is 2. The van der Waals surface area contributed by atoms with Gasteiger partial charge in [-0.2, -0.15) is 10.2 Å². The lowest BCUT2D eigenvalue weighted by molar-refractivity contribution is -0.129. The molecule has 1 N–H and O–H groups in total. The number of amides is 1. The van der Waals surface area contributed by atoms with Gasteiger partial charge >= 0.3 is 0 Å². The number of aryl methyl sites for hydroxylation is 1. The molecule has 0 aromatic carbocycles. The Kier molecular flexibility index (Phi) is 9.58. The van der Waals surface area contributed by atoms with Crippen molar-refractivity contribution in [3.05, 3.63) is 84.9 Å². The summed E-state index contributed by atoms with van der Waals surface area (Å²) in [4.78, 5) is 19.0. The van der Waals surface area contributed by atoms with E-state index in [1.54, 1.807) is 15.8 Å². The second kappa shape index (κ2) is 13.3. The van der Waals surface area contributed by atoms with Crippen LogP contribution in [0.4, 0.5) is 8.78 Å². The number of carbonyl (C=O) groups excluding carboxylic acids is 1. The van der Waals surface area contributed by atoms with Crippen LogP contribution in [0.3, 0.4) is 0 Å². The lowest BCUT2D eigenvalue weighted by atomic mass is 10.0. The molecular weight excluding hydrogens is 550 g/mol. The Labute approximate surface area is 240 Å². The van der Waals surface area contributed by atoms with Gasteiger partial charge < -0.3 is 14.7 Å². The van der Waals surface area contributed by atoms with Gasteiger partial charge in [0.25, 0.3) is 0 Å². The standard InChI is InChI=1S/C25H22F2N6OS.C4H8O2/c1-4-22(34)32-8-9-33-21(15(32)2)12-20(30-33)24-19(11-17(27)5-7-26)25-18(6-10-35-25)23(29-24)16-13-28-31(3)14-16;1-2-6-4-3-5/h4-7,10-15H,1,8-9H2,2-3H3;2,5H,1,3-4H2/b7-5+,17-11?;. The third-order valence-corrected chi connectivity index (χ3v) is 7.36. The maximum atomic E-state index is 14.5. The molecule has 0 saturated heterocycles. The van der Waals surface area contributed by atoms with E-state index in [2.05, 4.69) is 23.0 Å². The van der Waals surface area contributed by atoms with Crippen molar-refractivity contribution >= 4 is 33.4 Å². The maximum absolute atomic E-state index is 14.5. The van der Waals surface area contributed by atoms with E-state index in [1.165, 1.54) is 29.8 Å². The third-order valence-electron chi connectivity index (χ3n) is 6.41. The Morgan fingerprint density at radius 2 is 2.12 bits per heavy atom. The fraction of sp³-hybridized carbons (Fsp3) is 0.241. The average molecular weight is 581 g/mol. The minimum Gasteiger partial charge on any atom is -0.499 e. The Bertz CT molecular complexity index is 1620. The van der Waals surface area contributed by atoms with E-state index in [0.29, 0.717) is 42.3 Å². The van der Waals surface area contributed by atoms with Crippen LogP contribution in [0.5, 0.6) is 0 Å². The highest BCUT2D eigenvalue weighted by Gasteiger charge is 2.29. The van der Waals surface area contributed by atoms with Gasteiger partial charge in [0.1, 0.15) is 23.8 Å². The quantitative estimate of drug-likeness (QED) is 0.126. The van der Waals surface area contributed by atoms with E-state index >= 15 is 0 Å². The van der Waals surface area contributed by atoms with Crippen LogP contribution in [0.1, 0.15) is 24.2 Å². The zero-order valence-corrected chi connectivity index (χ0v) is 23.5. The fourth-order valence-corrected chi connectivity index (χ4v) is 5.47. The predicted molar refractivity (Wildman–Crippen MR) is 156 cm³/mol. The number of rotatable bonds is 8. The molecule has 1 aliphatic heterocycles. The molecule has 41 heavy (non-hydrogen) atoms. The molecule has 1 amide bonds. The van der Waals surface area contributed by atoms with Crippen LogP contribution >= 0.6 is 11.3 Å². The summed E-state index contributed by atoms with van der Waals surface area (Å²) in [5.74, 6) is -0.883. The average Bonchev–Trinajstić information content (AvgIpc) is 3.72. The first-order chi connectivity index (χ1) is 19.8. The SMILES string of the molecule is C=CC(=O)N1CCn2nc(-c3nc(-c4cnn(C)c4)c4ccsc4c3C=C(F)/C=C/F)cc2C1C.C=COCCO. The predicted octanol–water partition coefficient (Wildman–Crippen LogP) is 5.58. The van der Waals surface area contributed by atoms with Gasteiger partial charge in [0.2, 0.25) is 5.91 Å². The summed E-state index contributed by atoms with van der Waals surface area (Å²) >= 11 is 1.45. The van der Waals surface area contributed by atoms with Gasteiger partial charge in [0.15, 0.2) is 0 Å². The highest BCUT2D eigenvalue weighted by molar-refractivity contribution is 7.17. The monoisotopic (exact) mass is 580 g/mol. The molecule has 4 aromatic heterocycles. The van der Waals surface area contributed by atoms with Gasteiger partial charge in [0.05, 0.1) is 49.4 Å². The van der Waals surface area contributed by atoms with Crippen LogP contribution in [0.2, 0.25) is 0 Å². The number of aliphatic hydroxyl groups is 1. The molecule has 12 heteroatoms. The molecule has 214 valence electrons. The van der Waals surface area contributed by atoms with Gasteiger partial charge in [-0.15, -0.1) is 11.3 Å². The number of ether oxygens (including phenoxy) is 1. The zero-order chi connectivity index (χ0) is 29.5. The van der Waals surface area contributed by atoms with Crippen molar-refractivity contribution in [1.29, 1.82) is 0 Å². The Balaban J connectivity index is 0.000000585. The molecule has 1 unspecified atom stereocenters. The summed E-state index contributed by atoms with van der Waals surface area (Å²) in [6.07, 6.45) is 8.40. The smallest absolute Gasteiger partial charge is 0.246 e. The number of thiophene rings is 1. The number of hydrogen-bond acceptors (Lipinski definition) is 7. The van der Waals surface area contributed by atoms with Crippen LogP contribution in [0.15, 0.2) is 73.6 Å². The van der Waals surface area contributed by atoms with E-state index in [0.717, 1.165) is 27.4 Å². The number of halogens is 2. The minimum absolute atomic E-state index is 0.0615. The summed E-state index contributed by atoms with van der Waals surface area (Å²) in [5.41, 5.74) is 3.89. The summed E-state index contributed by atoms with van der Waals surface area (Å²) < 4.78 is 36.1. The molecule has 0 aliphatic carbocycles. The Morgan fingerprint density at radius 1 is 1.32 bits per heavy atom. The fourth-order valence-electron chi connectivity index (χ4n) is 4.56. The van der Waals surface area contributed by atoms with E-state index < -0.39 is 5.83 Å². The lowest BCUT2D eigenvalue weighted by Crippen LogP contribution is -2.40. The topological polar surface area (TPSA) is 98.3 Å². The van der Waals surface area contributed by atoms with Gasteiger partial charge in [-0.1, -0.05) is 13.2 Å². The highest BCUT2D eigenvalue weighted by atomic mass is 32.1. The molecule has 0 radical (unpaired) electrons. The van der Waals surface area contributed by atoms with E-state index in [-0.39, 0.29) is 24.9 Å². The Hall–Kier alpha value is -4.42. The highest BCUT2D eigenvalue weighted by Crippen LogP contribution is 2.40. The number of allylic oxidation sites excluding steroid dienone is 2. The zero-order valence-electron chi connectivity index (χ0n) is 22.7. The van der Waals surface area contributed by atoms with Crippen LogP contribution in [-0.4, -0.2) is 60.2 Å². The van der Waals surface area contributed by atoms with Crippen LogP contribution < -0.4 is 0 Å². The molecular formula is C29H30F2N6O3S. The van der Waals surface area contributed by atoms with Crippen molar-refractivity contribution < 1.29 is 23.4 Å². The minimum atomic E-state index is -0.737. The van der Waals surface area contributed by atoms with Gasteiger partial charge in [-0.3, -0.25) is 14.2 Å². The molecule has 0 saturated carbocycles. The molecule has 0 bridgehead atoms. The van der Waals surface area contributed by atoms with Crippen LogP contribution in [0.25, 0.3) is 38.8 Å².